The van der Waals surface area contributed by atoms with Crippen LogP contribution in [0, 0.1) is 0 Å². The van der Waals surface area contributed by atoms with Crippen LogP contribution < -0.4 is 5.32 Å². The molecule has 6 heteroatoms. The third-order valence-corrected chi connectivity index (χ3v) is 4.21. The first-order valence-electron chi connectivity index (χ1n) is 6.27. The van der Waals surface area contributed by atoms with Crippen LogP contribution in [0.25, 0.3) is 11.5 Å². The highest BCUT2D eigenvalue weighted by molar-refractivity contribution is 9.10. The van der Waals surface area contributed by atoms with Gasteiger partial charge in [0.2, 0.25) is 12.3 Å². The summed E-state index contributed by atoms with van der Waals surface area (Å²) in [6.07, 6.45) is 1.32. The molecule has 0 fully saturated rings. The Morgan fingerprint density at radius 3 is 2.62 bits per heavy atom. The predicted molar refractivity (Wildman–Crippen MR) is 86.2 cm³/mol. The maximum atomic E-state index is 6.08. The Hall–Kier alpha value is -1.85. The van der Waals surface area contributed by atoms with E-state index in [2.05, 4.69) is 31.4 Å². The summed E-state index contributed by atoms with van der Waals surface area (Å²) in [7, 11) is 0. The number of halogens is 2. The second kappa shape index (κ2) is 6.28. The van der Waals surface area contributed by atoms with Crippen LogP contribution >= 0.6 is 27.5 Å². The van der Waals surface area contributed by atoms with Crippen molar-refractivity contribution in [2.75, 3.05) is 5.32 Å². The largest absolute Gasteiger partial charge is 0.423 e. The van der Waals surface area contributed by atoms with Gasteiger partial charge in [-0.25, -0.2) is 0 Å². The van der Waals surface area contributed by atoms with Gasteiger partial charge < -0.3 is 9.73 Å². The van der Waals surface area contributed by atoms with Gasteiger partial charge in [0.25, 0.3) is 0 Å². The fourth-order valence-corrected chi connectivity index (χ4v) is 2.33. The molecular weight excluding hydrogens is 354 g/mol. The third-order valence-electron chi connectivity index (χ3n) is 2.97. The van der Waals surface area contributed by atoms with Crippen molar-refractivity contribution in [2.24, 2.45) is 0 Å². The number of hydrogen-bond donors (Lipinski definition) is 1. The first-order chi connectivity index (χ1) is 10.2. The average molecular weight is 365 g/mol. The zero-order valence-electron chi connectivity index (χ0n) is 10.9. The van der Waals surface area contributed by atoms with E-state index in [0.717, 1.165) is 21.3 Å². The van der Waals surface area contributed by atoms with Crippen molar-refractivity contribution in [1.82, 2.24) is 10.2 Å². The number of hydrogen-bond acceptors (Lipinski definition) is 4. The van der Waals surface area contributed by atoms with E-state index >= 15 is 0 Å². The minimum absolute atomic E-state index is 0.515. The van der Waals surface area contributed by atoms with Crippen molar-refractivity contribution in [3.8, 4) is 11.5 Å². The van der Waals surface area contributed by atoms with Gasteiger partial charge in [-0.05, 0) is 57.9 Å². The zero-order valence-corrected chi connectivity index (χ0v) is 13.2. The van der Waals surface area contributed by atoms with Gasteiger partial charge in [0, 0.05) is 22.3 Å². The van der Waals surface area contributed by atoms with E-state index in [1.165, 1.54) is 6.39 Å². The van der Waals surface area contributed by atoms with Gasteiger partial charge in [0.1, 0.15) is 0 Å². The lowest BCUT2D eigenvalue weighted by molar-refractivity contribution is 0.568. The van der Waals surface area contributed by atoms with E-state index < -0.39 is 0 Å². The van der Waals surface area contributed by atoms with Gasteiger partial charge in [-0.1, -0.05) is 17.7 Å². The fourth-order valence-electron chi connectivity index (χ4n) is 1.88. The molecule has 4 nitrogen and oxygen atoms in total. The van der Waals surface area contributed by atoms with Gasteiger partial charge >= 0.3 is 0 Å². The number of nitrogens with one attached hydrogen (secondary N) is 1. The summed E-state index contributed by atoms with van der Waals surface area (Å²) in [6.45, 7) is 0.701. The Morgan fingerprint density at radius 2 is 1.95 bits per heavy atom. The number of benzene rings is 2. The molecule has 0 aliphatic rings. The highest BCUT2D eigenvalue weighted by Crippen LogP contribution is 2.24. The van der Waals surface area contributed by atoms with Crippen molar-refractivity contribution >= 4 is 33.2 Å². The third kappa shape index (κ3) is 3.43. The lowest BCUT2D eigenvalue weighted by atomic mass is 10.2. The molecule has 0 aliphatic carbocycles. The van der Waals surface area contributed by atoms with Gasteiger partial charge in [-0.3, -0.25) is 0 Å². The maximum absolute atomic E-state index is 6.08. The van der Waals surface area contributed by atoms with Crippen LogP contribution in [0.3, 0.4) is 0 Å². The summed E-state index contributed by atoms with van der Waals surface area (Å²) in [4.78, 5) is 0. The minimum atomic E-state index is 0.515. The minimum Gasteiger partial charge on any atom is -0.423 e. The van der Waals surface area contributed by atoms with Crippen LogP contribution in [-0.4, -0.2) is 10.2 Å². The molecule has 1 heterocycles. The molecule has 3 rings (SSSR count). The summed E-state index contributed by atoms with van der Waals surface area (Å²) < 4.78 is 6.05. The molecule has 0 spiro atoms. The molecule has 0 saturated heterocycles. The van der Waals surface area contributed by atoms with Crippen molar-refractivity contribution < 1.29 is 4.42 Å². The molecule has 0 unspecified atom stereocenters. The molecule has 0 aliphatic heterocycles. The topological polar surface area (TPSA) is 51.0 Å². The summed E-state index contributed by atoms with van der Waals surface area (Å²) in [5.41, 5.74) is 3.02. The smallest absolute Gasteiger partial charge is 0.247 e. The number of rotatable bonds is 4. The van der Waals surface area contributed by atoms with Crippen molar-refractivity contribution in [2.45, 2.75) is 6.54 Å². The highest BCUT2D eigenvalue weighted by atomic mass is 79.9. The molecule has 0 bridgehead atoms. The van der Waals surface area contributed by atoms with Crippen molar-refractivity contribution in [3.05, 3.63) is 63.9 Å². The van der Waals surface area contributed by atoms with E-state index in [9.17, 15) is 0 Å². The standard InChI is InChI=1S/C15H11BrClN3O/c16-13-6-1-10(7-14(13)17)8-18-12-4-2-11(3-5-12)15-20-19-9-21-15/h1-7,9,18H,8H2. The molecular formula is C15H11BrClN3O. The van der Waals surface area contributed by atoms with Gasteiger partial charge in [0.15, 0.2) is 0 Å². The summed E-state index contributed by atoms with van der Waals surface area (Å²) >= 11 is 9.46. The predicted octanol–water partition coefficient (Wildman–Crippen LogP) is 4.76. The second-order valence-electron chi connectivity index (χ2n) is 4.42. The monoisotopic (exact) mass is 363 g/mol. The van der Waals surface area contributed by atoms with Gasteiger partial charge in [-0.2, -0.15) is 0 Å². The Bertz CT molecular complexity index is 729. The Balaban J connectivity index is 1.66. The summed E-state index contributed by atoms with van der Waals surface area (Å²) in [5, 5.41) is 11.6. The molecule has 1 N–H and O–H groups in total. The van der Waals surface area contributed by atoms with Crippen LogP contribution in [0.2, 0.25) is 5.02 Å². The molecule has 0 saturated carbocycles. The average Bonchev–Trinajstić information content (AvgIpc) is 3.03. The van der Waals surface area contributed by atoms with Crippen LogP contribution in [0.5, 0.6) is 0 Å². The maximum Gasteiger partial charge on any atom is 0.247 e. The van der Waals surface area contributed by atoms with Crippen LogP contribution in [0.15, 0.2) is 57.7 Å². The fraction of sp³-hybridized carbons (Fsp3) is 0.0667. The van der Waals surface area contributed by atoms with E-state index in [-0.39, 0.29) is 0 Å². The van der Waals surface area contributed by atoms with E-state index in [4.69, 9.17) is 16.0 Å². The first kappa shape index (κ1) is 14.1. The van der Waals surface area contributed by atoms with Gasteiger partial charge in [-0.15, -0.1) is 10.2 Å². The van der Waals surface area contributed by atoms with E-state index in [1.54, 1.807) is 0 Å². The normalized spacial score (nSPS) is 10.6. The Morgan fingerprint density at radius 1 is 1.14 bits per heavy atom. The first-order valence-corrected chi connectivity index (χ1v) is 7.44. The van der Waals surface area contributed by atoms with Gasteiger partial charge in [0.05, 0.1) is 5.02 Å². The molecule has 0 atom stereocenters. The molecule has 3 aromatic rings. The van der Waals surface area contributed by atoms with Crippen molar-refractivity contribution in [3.63, 3.8) is 0 Å². The number of anilines is 1. The van der Waals surface area contributed by atoms with Crippen LogP contribution in [-0.2, 0) is 6.54 Å². The van der Waals surface area contributed by atoms with E-state index in [1.807, 2.05) is 42.5 Å². The van der Waals surface area contributed by atoms with Crippen molar-refractivity contribution in [1.29, 1.82) is 0 Å². The molecule has 106 valence electrons. The second-order valence-corrected chi connectivity index (χ2v) is 5.68. The molecule has 0 amide bonds. The van der Waals surface area contributed by atoms with Crippen LogP contribution in [0.4, 0.5) is 5.69 Å². The quantitative estimate of drug-likeness (QED) is 0.725. The van der Waals surface area contributed by atoms with E-state index in [0.29, 0.717) is 17.5 Å². The summed E-state index contributed by atoms with van der Waals surface area (Å²) in [5.74, 6) is 0.515. The molecule has 1 aromatic heterocycles. The Labute approximate surface area is 135 Å². The number of aromatic nitrogens is 2. The Kier molecular flexibility index (Phi) is 4.22. The highest BCUT2D eigenvalue weighted by Gasteiger charge is 2.03. The molecule has 21 heavy (non-hydrogen) atoms. The van der Waals surface area contributed by atoms with Crippen LogP contribution in [0.1, 0.15) is 5.56 Å². The zero-order chi connectivity index (χ0) is 14.7. The molecule has 2 aromatic carbocycles. The summed E-state index contributed by atoms with van der Waals surface area (Å²) in [6, 6.07) is 13.7. The SMILES string of the molecule is Clc1cc(CNc2ccc(-c3nnco3)cc2)ccc1Br. The number of nitrogens with zero attached hydrogens (tertiary/aromatic N) is 2. The lowest BCUT2D eigenvalue weighted by Crippen LogP contribution is -1.99. The lowest BCUT2D eigenvalue weighted by Gasteiger charge is -2.08. The molecule has 0 radical (unpaired) electrons.